The van der Waals surface area contributed by atoms with Crippen LogP contribution in [0.4, 0.5) is 0 Å². The van der Waals surface area contributed by atoms with Crippen LogP contribution in [0.3, 0.4) is 0 Å². The lowest BCUT2D eigenvalue weighted by molar-refractivity contribution is 0.111. The first-order valence-corrected chi connectivity index (χ1v) is 9.25. The van der Waals surface area contributed by atoms with Gasteiger partial charge in [-0.05, 0) is 48.7 Å². The van der Waals surface area contributed by atoms with Crippen LogP contribution in [0.1, 0.15) is 71.7 Å². The van der Waals surface area contributed by atoms with Gasteiger partial charge in [0.05, 0.1) is 0 Å². The summed E-state index contributed by atoms with van der Waals surface area (Å²) in [6.07, 6.45) is 10.3. The van der Waals surface area contributed by atoms with Gasteiger partial charge in [-0.1, -0.05) is 39.0 Å². The molecule has 0 unspecified atom stereocenters. The van der Waals surface area contributed by atoms with E-state index in [1.54, 1.807) is 0 Å². The number of aryl methyl sites for hydroxylation is 1. The highest BCUT2D eigenvalue weighted by molar-refractivity contribution is 6.10. The van der Waals surface area contributed by atoms with Crippen LogP contribution in [0.5, 0.6) is 0 Å². The van der Waals surface area contributed by atoms with Gasteiger partial charge < -0.3 is 4.98 Å². The zero-order chi connectivity index (χ0) is 17.6. The van der Waals surface area contributed by atoms with Crippen LogP contribution in [0.25, 0.3) is 21.8 Å². The predicted octanol–water partition coefficient (Wildman–Crippen LogP) is 5.85. The minimum atomic E-state index is 0.655. The maximum absolute atomic E-state index is 11.4. The average molecular weight is 335 g/mol. The van der Waals surface area contributed by atoms with Crippen LogP contribution in [-0.2, 0) is 6.42 Å². The summed E-state index contributed by atoms with van der Waals surface area (Å²) in [5.41, 5.74) is 4.65. The number of rotatable bonds is 9. The molecule has 3 rings (SSSR count). The Morgan fingerprint density at radius 2 is 1.56 bits per heavy atom. The summed E-state index contributed by atoms with van der Waals surface area (Å²) < 4.78 is 0. The van der Waals surface area contributed by atoms with Crippen LogP contribution in [0, 0.1) is 0 Å². The molecule has 0 saturated carbocycles. The number of aromatic amines is 1. The molecule has 0 bridgehead atoms. The van der Waals surface area contributed by atoms with E-state index >= 15 is 0 Å². The smallest absolute Gasteiger partial charge is 0.150 e. The molecular formula is C22H25NO2. The van der Waals surface area contributed by atoms with E-state index in [2.05, 4.69) is 11.9 Å². The first-order chi connectivity index (χ1) is 12.3. The lowest BCUT2D eigenvalue weighted by Gasteiger charge is -2.05. The summed E-state index contributed by atoms with van der Waals surface area (Å²) in [5.74, 6) is 0. The van der Waals surface area contributed by atoms with E-state index in [0.717, 1.165) is 47.2 Å². The first-order valence-electron chi connectivity index (χ1n) is 9.25. The molecule has 0 aliphatic heterocycles. The van der Waals surface area contributed by atoms with Gasteiger partial charge in [0, 0.05) is 32.9 Å². The summed E-state index contributed by atoms with van der Waals surface area (Å²) in [6, 6.07) is 9.56. The Balaban J connectivity index is 1.91. The van der Waals surface area contributed by atoms with Crippen molar-refractivity contribution in [1.29, 1.82) is 0 Å². The van der Waals surface area contributed by atoms with Gasteiger partial charge in [-0.25, -0.2) is 0 Å². The molecule has 3 aromatic rings. The Hall–Kier alpha value is -2.42. The first kappa shape index (κ1) is 17.4. The van der Waals surface area contributed by atoms with Gasteiger partial charge in [-0.15, -0.1) is 0 Å². The van der Waals surface area contributed by atoms with Gasteiger partial charge in [0.1, 0.15) is 12.6 Å². The number of aldehydes is 2. The van der Waals surface area contributed by atoms with Crippen molar-refractivity contribution in [1.82, 2.24) is 4.98 Å². The molecule has 130 valence electrons. The minimum absolute atomic E-state index is 0.655. The molecule has 25 heavy (non-hydrogen) atoms. The molecule has 0 aliphatic rings. The van der Waals surface area contributed by atoms with Crippen LogP contribution < -0.4 is 0 Å². The second kappa shape index (κ2) is 8.11. The third kappa shape index (κ3) is 3.81. The highest BCUT2D eigenvalue weighted by atomic mass is 16.1. The second-order valence-electron chi connectivity index (χ2n) is 6.79. The van der Waals surface area contributed by atoms with Crippen molar-refractivity contribution in [3.8, 4) is 0 Å². The number of unbranched alkanes of at least 4 members (excludes halogenated alkanes) is 5. The molecule has 0 fully saturated rings. The summed E-state index contributed by atoms with van der Waals surface area (Å²) in [5, 5.41) is 2.04. The molecular weight excluding hydrogens is 310 g/mol. The third-order valence-corrected chi connectivity index (χ3v) is 4.91. The average Bonchev–Trinajstić information content (AvgIpc) is 3.02. The predicted molar refractivity (Wildman–Crippen MR) is 104 cm³/mol. The molecule has 0 radical (unpaired) electrons. The van der Waals surface area contributed by atoms with Crippen molar-refractivity contribution in [2.75, 3.05) is 0 Å². The fraction of sp³-hybridized carbons (Fsp3) is 0.364. The van der Waals surface area contributed by atoms with Crippen molar-refractivity contribution >= 4 is 34.4 Å². The largest absolute Gasteiger partial charge is 0.354 e. The quantitative estimate of drug-likeness (QED) is 0.394. The Labute approximate surface area is 148 Å². The van der Waals surface area contributed by atoms with Crippen molar-refractivity contribution in [2.24, 2.45) is 0 Å². The monoisotopic (exact) mass is 335 g/mol. The molecule has 0 spiro atoms. The number of aromatic nitrogens is 1. The van der Waals surface area contributed by atoms with E-state index in [0.29, 0.717) is 11.1 Å². The van der Waals surface area contributed by atoms with Crippen molar-refractivity contribution in [3.63, 3.8) is 0 Å². The number of benzene rings is 2. The maximum atomic E-state index is 11.4. The van der Waals surface area contributed by atoms with Gasteiger partial charge in [0.2, 0.25) is 0 Å². The number of nitrogens with one attached hydrogen (secondary N) is 1. The van der Waals surface area contributed by atoms with Crippen LogP contribution in [0.2, 0.25) is 0 Å². The maximum Gasteiger partial charge on any atom is 0.150 e. The molecule has 1 aromatic heterocycles. The lowest BCUT2D eigenvalue weighted by atomic mass is 9.99. The van der Waals surface area contributed by atoms with Gasteiger partial charge in [0.15, 0.2) is 0 Å². The van der Waals surface area contributed by atoms with Crippen LogP contribution in [-0.4, -0.2) is 17.6 Å². The molecule has 2 aromatic carbocycles. The summed E-state index contributed by atoms with van der Waals surface area (Å²) >= 11 is 0. The van der Waals surface area contributed by atoms with Gasteiger partial charge in [0.25, 0.3) is 0 Å². The topological polar surface area (TPSA) is 49.9 Å². The summed E-state index contributed by atoms with van der Waals surface area (Å²) in [7, 11) is 0. The Morgan fingerprint density at radius 3 is 2.32 bits per heavy atom. The molecule has 0 atom stereocenters. The highest BCUT2D eigenvalue weighted by Crippen LogP contribution is 2.30. The fourth-order valence-electron chi connectivity index (χ4n) is 3.55. The molecule has 1 N–H and O–H groups in total. The van der Waals surface area contributed by atoms with Gasteiger partial charge >= 0.3 is 0 Å². The summed E-state index contributed by atoms with van der Waals surface area (Å²) in [4.78, 5) is 25.9. The number of carbonyl (C=O) groups excluding carboxylic acids is 2. The molecule has 3 nitrogen and oxygen atoms in total. The van der Waals surface area contributed by atoms with Crippen LogP contribution in [0.15, 0.2) is 30.3 Å². The van der Waals surface area contributed by atoms with E-state index in [4.69, 9.17) is 0 Å². The lowest BCUT2D eigenvalue weighted by Crippen LogP contribution is -1.91. The second-order valence-corrected chi connectivity index (χ2v) is 6.79. The normalized spacial score (nSPS) is 11.2. The Bertz CT molecular complexity index is 892. The fourth-order valence-corrected chi connectivity index (χ4v) is 3.55. The number of H-pyrrole nitrogens is 1. The standard InChI is InChI=1S/C22H25NO2/c1-2-3-4-5-6-7-8-18-11-17(15-25)13-20-19-12-16(14-24)9-10-21(19)23-22(18)20/h9-15,23H,2-8H2,1H3. The molecule has 1 heterocycles. The minimum Gasteiger partial charge on any atom is -0.354 e. The van der Waals surface area contributed by atoms with E-state index in [-0.39, 0.29) is 0 Å². The van der Waals surface area contributed by atoms with Gasteiger partial charge in [-0.3, -0.25) is 9.59 Å². The Morgan fingerprint density at radius 1 is 0.840 bits per heavy atom. The molecule has 3 heteroatoms. The van der Waals surface area contributed by atoms with Crippen molar-refractivity contribution in [3.05, 3.63) is 47.0 Å². The molecule has 0 aliphatic carbocycles. The van der Waals surface area contributed by atoms with E-state index in [1.807, 2.05) is 30.3 Å². The Kier molecular flexibility index (Phi) is 5.64. The number of hydrogen-bond donors (Lipinski definition) is 1. The summed E-state index contributed by atoms with van der Waals surface area (Å²) in [6.45, 7) is 2.23. The number of fused-ring (bicyclic) bond motifs is 3. The van der Waals surface area contributed by atoms with Gasteiger partial charge in [-0.2, -0.15) is 0 Å². The zero-order valence-corrected chi connectivity index (χ0v) is 14.8. The van der Waals surface area contributed by atoms with Crippen LogP contribution >= 0.6 is 0 Å². The molecule has 0 amide bonds. The van der Waals surface area contributed by atoms with Crippen molar-refractivity contribution in [2.45, 2.75) is 51.9 Å². The van der Waals surface area contributed by atoms with E-state index in [1.165, 1.54) is 37.7 Å². The SMILES string of the molecule is CCCCCCCCc1cc(C=O)cc2c1[nH]c1ccc(C=O)cc12. The number of hydrogen-bond acceptors (Lipinski definition) is 2. The highest BCUT2D eigenvalue weighted by Gasteiger charge is 2.11. The van der Waals surface area contributed by atoms with Crippen molar-refractivity contribution < 1.29 is 9.59 Å². The van der Waals surface area contributed by atoms with E-state index in [9.17, 15) is 9.59 Å². The number of carbonyl (C=O) groups is 2. The zero-order valence-electron chi connectivity index (χ0n) is 14.8. The van der Waals surface area contributed by atoms with E-state index < -0.39 is 0 Å². The molecule has 0 saturated heterocycles. The third-order valence-electron chi connectivity index (χ3n) is 4.91.